The molecule has 0 aromatic heterocycles. The number of carbonyl (C=O) groups is 7. The van der Waals surface area contributed by atoms with Gasteiger partial charge in [0.25, 0.3) is 0 Å². The molecule has 0 heterocycles. The van der Waals surface area contributed by atoms with Crippen LogP contribution in [0.2, 0.25) is 76.6 Å². The van der Waals surface area contributed by atoms with E-state index in [2.05, 4.69) is 24.5 Å². The number of aliphatic hydroxyl groups is 1. The summed E-state index contributed by atoms with van der Waals surface area (Å²) in [4.78, 5) is 77.8. The van der Waals surface area contributed by atoms with Gasteiger partial charge >= 0.3 is 41.8 Å². The molecule has 0 unspecified atom stereocenters. The molecule has 0 radical (unpaired) electrons. The smallest absolute Gasteiger partial charge is 0.335 e. The monoisotopic (exact) mass is 846 g/mol. The van der Waals surface area contributed by atoms with Crippen molar-refractivity contribution in [2.45, 2.75) is 105 Å². The molecule has 54 heavy (non-hydrogen) atoms. The first kappa shape index (κ1) is 59.5. The van der Waals surface area contributed by atoms with Gasteiger partial charge < -0.3 is 52.7 Å². The van der Waals surface area contributed by atoms with E-state index in [1.807, 2.05) is 26.2 Å². The SMILES string of the molecule is C.C=C(C)C(=O)OCO.C=C(C)C(=O)OCOC(=O)C[Si](C)(C)O[Si](C)(C)CC(=O)OCOC(=O)C(=C)C.C[Si](C)(CC(=O)O)O[Si](C)(C)CC(=O)O.O. The molecule has 0 aliphatic heterocycles. The normalized spacial score (nSPS) is 10.7. The lowest BCUT2D eigenvalue weighted by Crippen LogP contribution is -2.47. The fraction of sp³-hybridized carbons (Fsp3) is 0.594. The Bertz CT molecular complexity index is 1230. The maximum atomic E-state index is 12.0. The Morgan fingerprint density at radius 3 is 0.926 bits per heavy atom. The first-order chi connectivity index (χ1) is 23.4. The number of aliphatic carboxylic acids is 2. The third-order valence-electron chi connectivity index (χ3n) is 5.46. The van der Waals surface area contributed by atoms with Crippen LogP contribution in [0.1, 0.15) is 28.2 Å². The molecule has 0 saturated heterocycles. The summed E-state index contributed by atoms with van der Waals surface area (Å²) >= 11 is 0. The summed E-state index contributed by atoms with van der Waals surface area (Å²) in [5.41, 5.74) is 0.695. The molecule has 314 valence electrons. The molecule has 22 heteroatoms. The first-order valence-corrected chi connectivity index (χ1v) is 28.1. The quantitative estimate of drug-likeness (QED) is 0.0511. The summed E-state index contributed by atoms with van der Waals surface area (Å²) in [5, 5.41) is 25.4. The maximum absolute atomic E-state index is 12.0. The molecule has 0 saturated carbocycles. The van der Waals surface area contributed by atoms with Crippen molar-refractivity contribution in [1.82, 2.24) is 0 Å². The topological polar surface area (TPSA) is 276 Å². The summed E-state index contributed by atoms with van der Waals surface area (Å²) in [6, 6.07) is 0.0880. The second-order valence-electron chi connectivity index (χ2n) is 13.8. The van der Waals surface area contributed by atoms with E-state index in [0.717, 1.165) is 0 Å². The molecule has 0 bridgehead atoms. The lowest BCUT2D eigenvalue weighted by Gasteiger charge is -2.32. The molecule has 18 nitrogen and oxygen atoms in total. The van der Waals surface area contributed by atoms with Gasteiger partial charge in [-0.15, -0.1) is 0 Å². The van der Waals surface area contributed by atoms with E-state index in [-0.39, 0.29) is 48.2 Å². The lowest BCUT2D eigenvalue weighted by molar-refractivity contribution is -0.164. The molecule has 0 aliphatic rings. The van der Waals surface area contributed by atoms with Crippen LogP contribution in [0.5, 0.6) is 0 Å². The van der Waals surface area contributed by atoms with Gasteiger partial charge in [0.05, 0.1) is 24.2 Å². The third-order valence-corrected chi connectivity index (χ3v) is 18.9. The molecule has 0 aliphatic carbocycles. The number of carbonyl (C=O) groups excluding carboxylic acids is 5. The molecule has 0 atom stereocenters. The number of esters is 5. The highest BCUT2D eigenvalue weighted by molar-refractivity contribution is 6.87. The van der Waals surface area contributed by atoms with Crippen molar-refractivity contribution in [3.05, 3.63) is 36.5 Å². The predicted octanol–water partition coefficient (Wildman–Crippen LogP) is 4.10. The zero-order valence-corrected chi connectivity index (χ0v) is 36.6. The van der Waals surface area contributed by atoms with Crippen molar-refractivity contribution in [3.8, 4) is 0 Å². The minimum Gasteiger partial charge on any atom is -0.481 e. The van der Waals surface area contributed by atoms with Gasteiger partial charge in [-0.1, -0.05) is 27.2 Å². The summed E-state index contributed by atoms with van der Waals surface area (Å²) in [7, 11) is -9.55. The Hall–Kier alpha value is -3.78. The number of aliphatic hydroxyl groups excluding tert-OH is 1. The van der Waals surface area contributed by atoms with Crippen molar-refractivity contribution >= 4 is 75.1 Å². The van der Waals surface area contributed by atoms with Crippen molar-refractivity contribution in [2.24, 2.45) is 0 Å². The van der Waals surface area contributed by atoms with Gasteiger partial charge in [0.2, 0.25) is 13.6 Å². The van der Waals surface area contributed by atoms with Crippen LogP contribution in [-0.4, -0.2) is 116 Å². The highest BCUT2D eigenvalue weighted by atomic mass is 28.4. The molecular weight excluding hydrogens is 785 g/mol. The fourth-order valence-corrected chi connectivity index (χ4v) is 20.1. The molecule has 0 fully saturated rings. The van der Waals surface area contributed by atoms with Gasteiger partial charge in [-0.3, -0.25) is 19.2 Å². The summed E-state index contributed by atoms with van der Waals surface area (Å²) in [6.07, 6.45) is 0. The Balaban J connectivity index is -0.000000266. The van der Waals surface area contributed by atoms with Crippen molar-refractivity contribution in [1.29, 1.82) is 0 Å². The third kappa shape index (κ3) is 35.3. The molecule has 0 aromatic carbocycles. The van der Waals surface area contributed by atoms with Crippen LogP contribution in [-0.2, 0) is 65.5 Å². The van der Waals surface area contributed by atoms with E-state index >= 15 is 0 Å². The molecular formula is C32H62O18Si4. The van der Waals surface area contributed by atoms with Crippen molar-refractivity contribution in [2.75, 3.05) is 20.4 Å². The number of ether oxygens (including phenoxy) is 5. The van der Waals surface area contributed by atoms with E-state index in [4.69, 9.17) is 42.5 Å². The average Bonchev–Trinajstić information content (AvgIpc) is 2.89. The van der Waals surface area contributed by atoms with E-state index in [9.17, 15) is 33.6 Å². The number of rotatable bonds is 20. The van der Waals surface area contributed by atoms with Gasteiger partial charge in [0, 0.05) is 16.7 Å². The van der Waals surface area contributed by atoms with Crippen LogP contribution >= 0.6 is 0 Å². The molecule has 0 aromatic rings. The molecule has 5 N–H and O–H groups in total. The summed E-state index contributed by atoms with van der Waals surface area (Å²) in [5.74, 6) is -4.74. The minimum absolute atomic E-state index is 0. The van der Waals surface area contributed by atoms with E-state index in [1.54, 1.807) is 26.2 Å². The van der Waals surface area contributed by atoms with Gasteiger partial charge in [0.1, 0.15) is 0 Å². The Morgan fingerprint density at radius 1 is 0.481 bits per heavy atom. The zero-order chi connectivity index (χ0) is 41.7. The average molecular weight is 847 g/mol. The van der Waals surface area contributed by atoms with Crippen LogP contribution in [0.25, 0.3) is 0 Å². The first-order valence-electron chi connectivity index (χ1n) is 15.6. The predicted molar refractivity (Wildman–Crippen MR) is 209 cm³/mol. The number of carboxylic acid groups (broad SMARTS) is 2. The Kier molecular flexibility index (Phi) is 30.6. The van der Waals surface area contributed by atoms with Crippen LogP contribution < -0.4 is 0 Å². The van der Waals surface area contributed by atoms with Gasteiger partial charge in [-0.2, -0.15) is 0 Å². The molecule has 0 amide bonds. The van der Waals surface area contributed by atoms with Crippen LogP contribution in [0.3, 0.4) is 0 Å². The maximum Gasteiger partial charge on any atom is 0.335 e. The van der Waals surface area contributed by atoms with E-state index in [0.29, 0.717) is 5.57 Å². The second kappa shape index (κ2) is 27.7. The van der Waals surface area contributed by atoms with Crippen LogP contribution in [0.15, 0.2) is 36.5 Å². The van der Waals surface area contributed by atoms with Gasteiger partial charge in [-0.05, 0) is 73.1 Å². The standard InChI is InChI=1S/C18H30O9Si2.C8H18O5Si2.C5H8O3.CH4.H2O/c1-13(2)17(21)25-11-23-15(19)9-28(5,6)27-29(7,8)10-16(20)24-12-26-18(22)14(3)4;1-14(2,5-7(9)10)13-15(3,4)6-8(11)12;1-4(2)5(7)8-3-6;;/h1,3,9-12H2,2,4-8H3;5-6H2,1-4H3,(H,9,10)(H,11,12);6H,1,3H2,2H3;1H4;1H2. The van der Waals surface area contributed by atoms with Gasteiger partial charge in [0.15, 0.2) is 40.1 Å². The summed E-state index contributed by atoms with van der Waals surface area (Å²) in [6.45, 7) is 27.5. The number of carboxylic acids is 2. The van der Waals surface area contributed by atoms with E-state index < -0.39 is 95.4 Å². The van der Waals surface area contributed by atoms with Crippen molar-refractivity contribution in [3.63, 3.8) is 0 Å². The van der Waals surface area contributed by atoms with Crippen LogP contribution in [0, 0.1) is 0 Å². The lowest BCUT2D eigenvalue weighted by atomic mass is 10.4. The van der Waals surface area contributed by atoms with Gasteiger partial charge in [-0.25, -0.2) is 14.4 Å². The number of hydrogen-bond acceptors (Lipinski definition) is 15. The highest BCUT2D eigenvalue weighted by Crippen LogP contribution is 2.23. The minimum atomic E-state index is -2.51. The summed E-state index contributed by atoms with van der Waals surface area (Å²) < 4.78 is 35.2. The largest absolute Gasteiger partial charge is 0.481 e. The van der Waals surface area contributed by atoms with Crippen LogP contribution in [0.4, 0.5) is 0 Å². The Morgan fingerprint density at radius 2 is 0.722 bits per heavy atom. The van der Waals surface area contributed by atoms with E-state index in [1.165, 1.54) is 20.8 Å². The zero-order valence-electron chi connectivity index (χ0n) is 32.6. The molecule has 0 spiro atoms. The number of hydrogen-bond donors (Lipinski definition) is 3. The fourth-order valence-electron chi connectivity index (χ4n) is 3.89. The van der Waals surface area contributed by atoms with Crippen molar-refractivity contribution < 1.29 is 86.3 Å². The highest BCUT2D eigenvalue weighted by Gasteiger charge is 2.38. The Labute approximate surface area is 322 Å². The molecule has 0 rings (SSSR count). The second-order valence-corrected chi connectivity index (χ2v) is 30.9.